The molecule has 1 aromatic rings. The molecule has 0 spiro atoms. The third kappa shape index (κ3) is 4.11. The molecule has 2 radical (unpaired) electrons. The Bertz CT molecular complexity index is 285. The molecule has 2 N–H and O–H groups in total. The van der Waals surface area contributed by atoms with Crippen LogP contribution in [0.3, 0.4) is 0 Å². The van der Waals surface area contributed by atoms with E-state index in [2.05, 4.69) is 25.3 Å². The standard InChI is InChI=1S/C10H16NS2.ClH.Sn/c1-4-12-8(3)9-5-6-13-10(9)7(2)11;;/h5-8H,3-4,11H2,1-2H3;1H;/q;;+1/p-1. The molecule has 2 unspecified atom stereocenters. The van der Waals surface area contributed by atoms with E-state index >= 15 is 0 Å². The van der Waals surface area contributed by atoms with Crippen LogP contribution < -0.4 is 5.73 Å². The first-order valence-electron chi connectivity index (χ1n) is 4.98. The van der Waals surface area contributed by atoms with E-state index in [4.69, 9.17) is 14.7 Å². The number of nitrogens with two attached hydrogens (primary N) is 1. The van der Waals surface area contributed by atoms with Gasteiger partial charge in [0.2, 0.25) is 0 Å². The second-order valence-electron chi connectivity index (χ2n) is 3.31. The SMILES string of the molecule is CCSC([CH2][Sn][Cl])c1ccsc1C(C)N. The first-order chi connectivity index (χ1) is 7.20. The van der Waals surface area contributed by atoms with Crippen molar-refractivity contribution in [3.8, 4) is 0 Å². The molecule has 0 saturated carbocycles. The van der Waals surface area contributed by atoms with E-state index in [0.29, 0.717) is 5.25 Å². The van der Waals surface area contributed by atoms with Crippen molar-refractivity contribution in [2.24, 2.45) is 5.73 Å². The van der Waals surface area contributed by atoms with Crippen molar-refractivity contribution in [1.82, 2.24) is 0 Å². The molecule has 0 amide bonds. The van der Waals surface area contributed by atoms with Gasteiger partial charge in [-0.15, -0.1) is 0 Å². The van der Waals surface area contributed by atoms with E-state index in [1.165, 1.54) is 14.9 Å². The van der Waals surface area contributed by atoms with Crippen LogP contribution in [0, 0.1) is 0 Å². The summed E-state index contributed by atoms with van der Waals surface area (Å²) in [6, 6.07) is 2.38. The molecule has 1 rings (SSSR count). The summed E-state index contributed by atoms with van der Waals surface area (Å²) in [5.41, 5.74) is 7.40. The van der Waals surface area contributed by atoms with E-state index in [-0.39, 0.29) is 6.04 Å². The summed E-state index contributed by atoms with van der Waals surface area (Å²) in [7, 11) is 6.01. The molecule has 15 heavy (non-hydrogen) atoms. The van der Waals surface area contributed by atoms with Crippen LogP contribution in [0.1, 0.15) is 35.6 Å². The first-order valence-corrected chi connectivity index (χ1v) is 12.5. The Kier molecular flexibility index (Phi) is 7.01. The van der Waals surface area contributed by atoms with Crippen LogP contribution in [0.2, 0.25) is 4.44 Å². The average Bonchev–Trinajstić information content (AvgIpc) is 2.65. The van der Waals surface area contributed by atoms with Gasteiger partial charge < -0.3 is 0 Å². The van der Waals surface area contributed by atoms with Crippen LogP contribution in [-0.2, 0) is 0 Å². The zero-order chi connectivity index (χ0) is 11.3. The molecule has 0 aliphatic carbocycles. The second-order valence-corrected chi connectivity index (χ2v) is 9.46. The fourth-order valence-corrected chi connectivity index (χ4v) is 7.64. The predicted molar refractivity (Wildman–Crippen MR) is 74.2 cm³/mol. The van der Waals surface area contributed by atoms with Crippen LogP contribution in [0.5, 0.6) is 0 Å². The minimum atomic E-state index is -0.651. The van der Waals surface area contributed by atoms with E-state index in [1.807, 2.05) is 11.8 Å². The molecular weight excluding hydrogens is 352 g/mol. The van der Waals surface area contributed by atoms with Crippen LogP contribution in [0.25, 0.3) is 0 Å². The van der Waals surface area contributed by atoms with E-state index in [9.17, 15) is 0 Å². The van der Waals surface area contributed by atoms with E-state index in [0.717, 1.165) is 5.75 Å². The van der Waals surface area contributed by atoms with Gasteiger partial charge in [-0.1, -0.05) is 0 Å². The molecule has 1 nitrogen and oxygen atoms in total. The fourth-order valence-electron chi connectivity index (χ4n) is 1.50. The summed E-state index contributed by atoms with van der Waals surface area (Å²) in [6.07, 6.45) is 0. The number of halogens is 1. The van der Waals surface area contributed by atoms with Crippen LogP contribution in [-0.4, -0.2) is 25.8 Å². The van der Waals surface area contributed by atoms with Gasteiger partial charge in [0.05, 0.1) is 0 Å². The third-order valence-electron chi connectivity index (χ3n) is 2.12. The molecule has 0 saturated heterocycles. The topological polar surface area (TPSA) is 26.0 Å². The summed E-state index contributed by atoms with van der Waals surface area (Å²) in [5.74, 6) is 1.15. The molecule has 5 heteroatoms. The maximum atomic E-state index is 6.01. The van der Waals surface area contributed by atoms with Crippen molar-refractivity contribution in [3.63, 3.8) is 0 Å². The maximum absolute atomic E-state index is 6.01. The average molecular weight is 369 g/mol. The molecule has 0 fully saturated rings. The van der Waals surface area contributed by atoms with Gasteiger partial charge in [-0.2, -0.15) is 0 Å². The molecule has 1 aromatic heterocycles. The minimum absolute atomic E-state index is 0.153. The summed E-state index contributed by atoms with van der Waals surface area (Å²) in [4.78, 5) is 1.34. The van der Waals surface area contributed by atoms with Crippen molar-refractivity contribution in [2.45, 2.75) is 29.6 Å². The van der Waals surface area contributed by atoms with Gasteiger partial charge in [0.1, 0.15) is 0 Å². The van der Waals surface area contributed by atoms with Gasteiger partial charge >= 0.3 is 115 Å². The van der Waals surface area contributed by atoms with Crippen LogP contribution >= 0.6 is 32.0 Å². The van der Waals surface area contributed by atoms with E-state index < -0.39 is 20.0 Å². The Morgan fingerprint density at radius 2 is 2.40 bits per heavy atom. The predicted octanol–water partition coefficient (Wildman–Crippen LogP) is 3.84. The van der Waals surface area contributed by atoms with E-state index in [1.54, 1.807) is 11.3 Å². The Balaban J connectivity index is 2.84. The molecule has 0 aromatic carbocycles. The number of hydrogen-bond acceptors (Lipinski definition) is 3. The van der Waals surface area contributed by atoms with Gasteiger partial charge in [-0.3, -0.25) is 0 Å². The number of hydrogen-bond donors (Lipinski definition) is 1. The summed E-state index contributed by atoms with van der Waals surface area (Å²) in [5, 5.41) is 2.74. The van der Waals surface area contributed by atoms with Crippen LogP contribution in [0.4, 0.5) is 0 Å². The molecule has 0 aliphatic rings. The van der Waals surface area contributed by atoms with Gasteiger partial charge in [-0.05, 0) is 0 Å². The fraction of sp³-hybridized carbons (Fsp3) is 0.600. The number of thioether (sulfide) groups is 1. The molecule has 1 heterocycles. The quantitative estimate of drug-likeness (QED) is 0.772. The normalized spacial score (nSPS) is 15.2. The Hall–Kier alpha value is 1.10. The van der Waals surface area contributed by atoms with Crippen molar-refractivity contribution in [3.05, 3.63) is 21.9 Å². The van der Waals surface area contributed by atoms with Crippen molar-refractivity contribution < 1.29 is 0 Å². The van der Waals surface area contributed by atoms with Crippen molar-refractivity contribution >= 4 is 52.0 Å². The van der Waals surface area contributed by atoms with Gasteiger partial charge in [0.25, 0.3) is 0 Å². The van der Waals surface area contributed by atoms with Crippen molar-refractivity contribution in [1.29, 1.82) is 0 Å². The Labute approximate surface area is 114 Å². The van der Waals surface area contributed by atoms with Gasteiger partial charge in [0.15, 0.2) is 0 Å². The Morgan fingerprint density at radius 3 is 2.93 bits per heavy atom. The first kappa shape index (κ1) is 14.2. The molecular formula is C10H16ClNS2Sn. The number of thiophene rings is 1. The molecule has 84 valence electrons. The summed E-state index contributed by atoms with van der Waals surface area (Å²) >= 11 is 3.12. The third-order valence-corrected chi connectivity index (χ3v) is 7.89. The Morgan fingerprint density at radius 1 is 1.67 bits per heavy atom. The van der Waals surface area contributed by atoms with Crippen LogP contribution in [0.15, 0.2) is 11.4 Å². The van der Waals surface area contributed by atoms with Gasteiger partial charge in [0, 0.05) is 0 Å². The molecule has 0 aliphatic heterocycles. The van der Waals surface area contributed by atoms with Crippen molar-refractivity contribution in [2.75, 3.05) is 5.75 Å². The number of rotatable bonds is 6. The monoisotopic (exact) mass is 369 g/mol. The zero-order valence-corrected chi connectivity index (χ0v) is 14.2. The second kappa shape index (κ2) is 7.43. The molecule has 2 atom stereocenters. The summed E-state index contributed by atoms with van der Waals surface area (Å²) < 4.78 is 1.19. The zero-order valence-electron chi connectivity index (χ0n) is 9.00. The summed E-state index contributed by atoms with van der Waals surface area (Å²) in [6.45, 7) is 4.26. The molecule has 0 bridgehead atoms. The van der Waals surface area contributed by atoms with Gasteiger partial charge in [-0.25, -0.2) is 0 Å².